The van der Waals surface area contributed by atoms with Crippen molar-refractivity contribution in [2.24, 2.45) is 5.10 Å². The number of anilines is 1. The monoisotopic (exact) mass is 508 g/mol. The van der Waals surface area contributed by atoms with Gasteiger partial charge in [0.1, 0.15) is 5.75 Å². The average molecular weight is 510 g/mol. The van der Waals surface area contributed by atoms with Crippen molar-refractivity contribution in [3.63, 3.8) is 0 Å². The van der Waals surface area contributed by atoms with Gasteiger partial charge in [0.15, 0.2) is 6.61 Å². The van der Waals surface area contributed by atoms with E-state index in [0.29, 0.717) is 22.9 Å². The van der Waals surface area contributed by atoms with Crippen LogP contribution in [0, 0.1) is 13.8 Å². The highest BCUT2D eigenvalue weighted by molar-refractivity contribution is 9.10. The summed E-state index contributed by atoms with van der Waals surface area (Å²) >= 11 is 9.44. The van der Waals surface area contributed by atoms with Crippen molar-refractivity contribution in [1.29, 1.82) is 0 Å². The topological polar surface area (TPSA) is 109 Å². The molecule has 0 heterocycles. The lowest BCUT2D eigenvalue weighted by Crippen LogP contribution is -2.37. The van der Waals surface area contributed by atoms with E-state index in [0.717, 1.165) is 21.3 Å². The van der Waals surface area contributed by atoms with Gasteiger partial charge < -0.3 is 15.4 Å². The summed E-state index contributed by atoms with van der Waals surface area (Å²) < 4.78 is 6.54. The predicted molar refractivity (Wildman–Crippen MR) is 124 cm³/mol. The van der Waals surface area contributed by atoms with Gasteiger partial charge in [-0.1, -0.05) is 27.5 Å². The number of likely N-dealkylation sites (N-methyl/N-ethyl adjacent to an activating group) is 1. The van der Waals surface area contributed by atoms with Gasteiger partial charge >= 0.3 is 11.8 Å². The smallest absolute Gasteiger partial charge is 0.329 e. The van der Waals surface area contributed by atoms with Gasteiger partial charge in [0.05, 0.1) is 6.21 Å². The number of carbonyl (C=O) groups is 3. The average Bonchev–Trinajstić information content (AvgIpc) is 2.70. The first kappa shape index (κ1) is 24.4. The van der Waals surface area contributed by atoms with E-state index in [-0.39, 0.29) is 12.5 Å². The lowest BCUT2D eigenvalue weighted by Gasteiger charge is -2.13. The second-order valence-electron chi connectivity index (χ2n) is 6.49. The maximum Gasteiger partial charge on any atom is 0.329 e. The number of rotatable bonds is 7. The van der Waals surface area contributed by atoms with Gasteiger partial charge in [-0.15, -0.1) is 0 Å². The minimum atomic E-state index is -0.901. The fourth-order valence-electron chi connectivity index (χ4n) is 2.63. The largest absolute Gasteiger partial charge is 0.483 e. The fraction of sp³-hybridized carbons (Fsp3) is 0.238. The molecule has 0 aliphatic heterocycles. The van der Waals surface area contributed by atoms with Crippen molar-refractivity contribution in [2.75, 3.05) is 18.5 Å². The molecule has 0 aliphatic rings. The summed E-state index contributed by atoms with van der Waals surface area (Å²) in [5.74, 6) is -1.70. The van der Waals surface area contributed by atoms with Crippen LogP contribution in [0.2, 0.25) is 5.02 Å². The number of aryl methyl sites for hydroxylation is 2. The summed E-state index contributed by atoms with van der Waals surface area (Å²) in [6.07, 6.45) is 1.28. The Bertz CT molecular complexity index is 1000. The minimum absolute atomic E-state index is 0.247. The van der Waals surface area contributed by atoms with Crippen LogP contribution in [0.15, 0.2) is 39.9 Å². The SMILES string of the molecule is CCNC(=O)C(=O)N/N=C\c1cc(Cl)ccc1OCC(=O)Nc1c(C)cc(Br)cc1C. The minimum Gasteiger partial charge on any atom is -0.483 e. The zero-order chi connectivity index (χ0) is 23.0. The summed E-state index contributed by atoms with van der Waals surface area (Å²) in [5.41, 5.74) is 5.10. The van der Waals surface area contributed by atoms with Crippen molar-refractivity contribution < 1.29 is 19.1 Å². The molecule has 31 heavy (non-hydrogen) atoms. The first-order valence-electron chi connectivity index (χ1n) is 9.31. The molecule has 0 radical (unpaired) electrons. The van der Waals surface area contributed by atoms with Gasteiger partial charge in [-0.3, -0.25) is 14.4 Å². The number of carbonyl (C=O) groups excluding carboxylic acids is 3. The van der Waals surface area contributed by atoms with Gasteiger partial charge in [-0.25, -0.2) is 5.43 Å². The molecule has 0 saturated carbocycles. The summed E-state index contributed by atoms with van der Waals surface area (Å²) in [7, 11) is 0. The van der Waals surface area contributed by atoms with Gasteiger partial charge in [-0.2, -0.15) is 5.10 Å². The molecule has 10 heteroatoms. The molecule has 0 aliphatic carbocycles. The van der Waals surface area contributed by atoms with E-state index in [1.165, 1.54) is 6.21 Å². The summed E-state index contributed by atoms with van der Waals surface area (Å²) in [4.78, 5) is 35.4. The van der Waals surface area contributed by atoms with Crippen molar-refractivity contribution in [3.05, 3.63) is 56.5 Å². The molecule has 0 saturated heterocycles. The fourth-order valence-corrected chi connectivity index (χ4v) is 3.50. The van der Waals surface area contributed by atoms with Crippen molar-refractivity contribution in [1.82, 2.24) is 10.7 Å². The highest BCUT2D eigenvalue weighted by atomic mass is 79.9. The predicted octanol–water partition coefficient (Wildman–Crippen LogP) is 3.32. The number of hydrazone groups is 1. The molecule has 0 bridgehead atoms. The summed E-state index contributed by atoms with van der Waals surface area (Å²) in [5, 5.41) is 9.36. The highest BCUT2D eigenvalue weighted by Gasteiger charge is 2.12. The second kappa shape index (κ2) is 11.5. The number of benzene rings is 2. The van der Waals surface area contributed by atoms with Gasteiger partial charge in [0.2, 0.25) is 0 Å². The molecule has 2 aromatic rings. The second-order valence-corrected chi connectivity index (χ2v) is 7.84. The number of hydrogen-bond acceptors (Lipinski definition) is 5. The Morgan fingerprint density at radius 3 is 2.45 bits per heavy atom. The van der Waals surface area contributed by atoms with Crippen molar-refractivity contribution in [3.8, 4) is 5.75 Å². The molecule has 3 N–H and O–H groups in total. The van der Waals surface area contributed by atoms with E-state index in [1.54, 1.807) is 25.1 Å². The van der Waals surface area contributed by atoms with Gasteiger partial charge in [-0.05, 0) is 62.2 Å². The molecule has 8 nitrogen and oxygen atoms in total. The Hall–Kier alpha value is -2.91. The van der Waals surface area contributed by atoms with Crippen LogP contribution in [0.1, 0.15) is 23.6 Å². The van der Waals surface area contributed by atoms with Crippen molar-refractivity contribution in [2.45, 2.75) is 20.8 Å². The van der Waals surface area contributed by atoms with E-state index < -0.39 is 11.8 Å². The zero-order valence-electron chi connectivity index (χ0n) is 17.2. The van der Waals surface area contributed by atoms with Crippen molar-refractivity contribution >= 4 is 57.2 Å². The Kier molecular flexibility index (Phi) is 9.02. The quantitative estimate of drug-likeness (QED) is 0.302. The molecule has 164 valence electrons. The Morgan fingerprint density at radius 1 is 1.13 bits per heavy atom. The van der Waals surface area contributed by atoms with Gasteiger partial charge in [0.25, 0.3) is 5.91 Å². The van der Waals surface area contributed by atoms with Crippen LogP contribution in [0.5, 0.6) is 5.75 Å². The summed E-state index contributed by atoms with van der Waals surface area (Å²) in [6, 6.07) is 8.55. The number of halogens is 2. The first-order chi connectivity index (χ1) is 14.7. The van der Waals surface area contributed by atoms with Crippen LogP contribution < -0.4 is 20.8 Å². The molecule has 3 amide bonds. The molecule has 0 aromatic heterocycles. The number of nitrogens with one attached hydrogen (secondary N) is 3. The number of hydrogen-bond donors (Lipinski definition) is 3. The molecule has 0 atom stereocenters. The van der Waals surface area contributed by atoms with Crippen LogP contribution in [0.25, 0.3) is 0 Å². The zero-order valence-corrected chi connectivity index (χ0v) is 19.6. The number of ether oxygens (including phenoxy) is 1. The molecular formula is C21H22BrClN4O4. The van der Waals surface area contributed by atoms with E-state index >= 15 is 0 Å². The Balaban J connectivity index is 2.04. The maximum absolute atomic E-state index is 12.4. The molecule has 0 unspecified atom stereocenters. The summed E-state index contributed by atoms with van der Waals surface area (Å²) in [6.45, 7) is 5.57. The lowest BCUT2D eigenvalue weighted by molar-refractivity contribution is -0.139. The maximum atomic E-state index is 12.4. The molecule has 2 rings (SSSR count). The Morgan fingerprint density at radius 2 is 1.81 bits per heavy atom. The van der Waals surface area contributed by atoms with Crippen LogP contribution in [0.3, 0.4) is 0 Å². The molecule has 2 aromatic carbocycles. The van der Waals surface area contributed by atoms with Crippen LogP contribution >= 0.6 is 27.5 Å². The standard InChI is InChI=1S/C21H22BrClN4O4/c1-4-24-20(29)21(30)27-25-10-14-9-16(23)5-6-17(14)31-11-18(28)26-19-12(2)7-15(22)8-13(19)3/h5-10H,4,11H2,1-3H3,(H,24,29)(H,26,28)(H,27,30)/b25-10-. The third-order valence-corrected chi connectivity index (χ3v) is 4.70. The molecule has 0 fully saturated rings. The van der Waals surface area contributed by atoms with E-state index in [1.807, 2.05) is 26.0 Å². The molecular weight excluding hydrogens is 488 g/mol. The number of nitrogens with zero attached hydrogens (tertiary/aromatic N) is 1. The number of amides is 3. The third kappa shape index (κ3) is 7.37. The lowest BCUT2D eigenvalue weighted by atomic mass is 10.1. The molecule has 0 spiro atoms. The normalized spacial score (nSPS) is 10.6. The van der Waals surface area contributed by atoms with Crippen LogP contribution in [-0.4, -0.2) is 37.1 Å². The highest BCUT2D eigenvalue weighted by Crippen LogP contribution is 2.25. The van der Waals surface area contributed by atoms with E-state index in [4.69, 9.17) is 16.3 Å². The van der Waals surface area contributed by atoms with Gasteiger partial charge in [0, 0.05) is 27.3 Å². The first-order valence-corrected chi connectivity index (χ1v) is 10.5. The van der Waals surface area contributed by atoms with E-state index in [2.05, 4.69) is 37.1 Å². The van der Waals surface area contributed by atoms with Crippen LogP contribution in [0.4, 0.5) is 5.69 Å². The Labute approximate surface area is 193 Å². The van der Waals surface area contributed by atoms with E-state index in [9.17, 15) is 14.4 Å². The van der Waals surface area contributed by atoms with Crippen LogP contribution in [-0.2, 0) is 14.4 Å². The third-order valence-electron chi connectivity index (χ3n) is 4.01.